The molecule has 1 aliphatic rings. The minimum atomic E-state index is -0.782. The number of nitrogens with zero attached hydrogens (tertiary/aromatic N) is 3. The molecule has 1 rings (SSSR count). The number of hydrogen-bond acceptors (Lipinski definition) is 5. The molecule has 0 spiro atoms. The van der Waals surface area contributed by atoms with Gasteiger partial charge in [-0.3, -0.25) is 14.1 Å². The van der Waals surface area contributed by atoms with E-state index >= 15 is 0 Å². The number of carbonyl (C=O) groups excluding carboxylic acids is 1. The Hall–Kier alpha value is -0.530. The van der Waals surface area contributed by atoms with Gasteiger partial charge in [-0.2, -0.15) is 0 Å². The van der Waals surface area contributed by atoms with Crippen LogP contribution in [0.15, 0.2) is 0 Å². The summed E-state index contributed by atoms with van der Waals surface area (Å²) in [7, 11) is -0.271. The van der Waals surface area contributed by atoms with E-state index in [1.54, 1.807) is 0 Å². The van der Waals surface area contributed by atoms with E-state index in [0.29, 0.717) is 17.2 Å². The molecule has 0 saturated carbocycles. The van der Waals surface area contributed by atoms with Crippen LogP contribution in [-0.4, -0.2) is 88.1 Å². The second-order valence-corrected chi connectivity index (χ2v) is 13.6. The van der Waals surface area contributed by atoms with Gasteiger partial charge in [-0.25, -0.2) is 0 Å². The lowest BCUT2D eigenvalue weighted by Gasteiger charge is -2.34. The van der Waals surface area contributed by atoms with Crippen LogP contribution in [0.4, 0.5) is 0 Å². The SMILES string of the molecule is CCCCN(CCCC)C(=O)C(NC(=S)NCCCP1N(C(C)C)CCN1C(C)C)OC(C)(C)C. The molecule has 35 heavy (non-hydrogen) atoms. The molecule has 0 aromatic rings. The van der Waals surface area contributed by atoms with Crippen molar-refractivity contribution in [2.75, 3.05) is 38.9 Å². The third kappa shape index (κ3) is 12.0. The van der Waals surface area contributed by atoms with E-state index < -0.39 is 11.8 Å². The summed E-state index contributed by atoms with van der Waals surface area (Å²) in [4.78, 5) is 15.3. The number of nitrogens with one attached hydrogen (secondary N) is 2. The van der Waals surface area contributed by atoms with E-state index in [4.69, 9.17) is 17.0 Å². The largest absolute Gasteiger partial charge is 0.363 e. The zero-order valence-electron chi connectivity index (χ0n) is 24.0. The van der Waals surface area contributed by atoms with Gasteiger partial charge in [-0.05, 0) is 86.1 Å². The number of ether oxygens (including phenoxy) is 1. The molecule has 0 bridgehead atoms. The molecule has 1 unspecified atom stereocenters. The Morgan fingerprint density at radius 2 is 1.51 bits per heavy atom. The summed E-state index contributed by atoms with van der Waals surface area (Å²) in [5.74, 6) is -0.0273. The maximum absolute atomic E-state index is 13.4. The predicted molar refractivity (Wildman–Crippen MR) is 155 cm³/mol. The highest BCUT2D eigenvalue weighted by atomic mass is 32.1. The number of unbranched alkanes of at least 4 members (excludes halogenated alkanes) is 2. The lowest BCUT2D eigenvalue weighted by Crippen LogP contribution is -2.55. The quantitative estimate of drug-likeness (QED) is 0.131. The molecule has 1 amide bonds. The van der Waals surface area contributed by atoms with Gasteiger partial charge in [0.25, 0.3) is 5.91 Å². The lowest BCUT2D eigenvalue weighted by molar-refractivity contribution is -0.155. The highest BCUT2D eigenvalue weighted by Crippen LogP contribution is 2.51. The molecule has 1 atom stereocenters. The van der Waals surface area contributed by atoms with Crippen molar-refractivity contribution in [2.24, 2.45) is 0 Å². The summed E-state index contributed by atoms with van der Waals surface area (Å²) in [6, 6.07) is 1.15. The van der Waals surface area contributed by atoms with Gasteiger partial charge >= 0.3 is 0 Å². The second-order valence-electron chi connectivity index (χ2n) is 11.0. The third-order valence-corrected chi connectivity index (χ3v) is 9.48. The monoisotopic (exact) mass is 531 g/mol. The highest BCUT2D eigenvalue weighted by molar-refractivity contribution is 7.80. The fourth-order valence-electron chi connectivity index (χ4n) is 4.17. The molecule has 1 aliphatic heterocycles. The lowest BCUT2D eigenvalue weighted by atomic mass is 10.2. The maximum atomic E-state index is 13.4. The molecule has 0 aromatic carbocycles. The summed E-state index contributed by atoms with van der Waals surface area (Å²) in [5, 5.41) is 7.00. The number of thiocarbonyl (C=S) groups is 1. The normalized spacial score (nSPS) is 16.8. The van der Waals surface area contributed by atoms with Gasteiger partial charge in [-0.1, -0.05) is 26.7 Å². The minimum absolute atomic E-state index is 0.0273. The molecule has 7 nitrogen and oxygen atoms in total. The van der Waals surface area contributed by atoms with Gasteiger partial charge < -0.3 is 20.3 Å². The zero-order valence-corrected chi connectivity index (χ0v) is 25.7. The molecule has 1 heterocycles. The van der Waals surface area contributed by atoms with E-state index in [-0.39, 0.29) is 14.1 Å². The Morgan fingerprint density at radius 3 is 1.94 bits per heavy atom. The molecule has 1 saturated heterocycles. The Kier molecular flexibility index (Phi) is 15.2. The van der Waals surface area contributed by atoms with Crippen LogP contribution in [0.1, 0.15) is 94.4 Å². The summed E-state index contributed by atoms with van der Waals surface area (Å²) in [6.45, 7) is 24.0. The van der Waals surface area contributed by atoms with Crippen LogP contribution >= 0.6 is 20.4 Å². The molecular formula is C26H54N5O2PS. The molecule has 2 N–H and O–H groups in total. The van der Waals surface area contributed by atoms with Gasteiger partial charge in [0.1, 0.15) is 0 Å². The predicted octanol–water partition coefficient (Wildman–Crippen LogP) is 5.16. The Balaban J connectivity index is 2.69. The first kappa shape index (κ1) is 32.5. The van der Waals surface area contributed by atoms with Gasteiger partial charge in [-0.15, -0.1) is 0 Å². The van der Waals surface area contributed by atoms with Gasteiger partial charge in [0.15, 0.2) is 5.11 Å². The van der Waals surface area contributed by atoms with Crippen LogP contribution in [0.25, 0.3) is 0 Å². The summed E-state index contributed by atoms with van der Waals surface area (Å²) >= 11 is 5.59. The van der Waals surface area contributed by atoms with E-state index in [0.717, 1.165) is 71.0 Å². The maximum Gasteiger partial charge on any atom is 0.272 e. The average Bonchev–Trinajstić information content (AvgIpc) is 3.19. The molecule has 0 aliphatic carbocycles. The first-order valence-electron chi connectivity index (χ1n) is 13.7. The van der Waals surface area contributed by atoms with Crippen molar-refractivity contribution < 1.29 is 9.53 Å². The summed E-state index contributed by atoms with van der Waals surface area (Å²) < 4.78 is 11.5. The number of carbonyl (C=O) groups is 1. The van der Waals surface area contributed by atoms with Crippen LogP contribution in [0.5, 0.6) is 0 Å². The molecule has 1 fully saturated rings. The Bertz CT molecular complexity index is 605. The van der Waals surface area contributed by atoms with Gasteiger partial charge in [0, 0.05) is 53.0 Å². The Morgan fingerprint density at radius 1 is 1.00 bits per heavy atom. The van der Waals surface area contributed by atoms with Crippen molar-refractivity contribution in [3.8, 4) is 0 Å². The van der Waals surface area contributed by atoms with Gasteiger partial charge in [0.05, 0.1) is 5.60 Å². The number of rotatable bonds is 15. The van der Waals surface area contributed by atoms with Crippen LogP contribution in [-0.2, 0) is 9.53 Å². The topological polar surface area (TPSA) is 60.1 Å². The van der Waals surface area contributed by atoms with Crippen LogP contribution in [0.3, 0.4) is 0 Å². The first-order valence-corrected chi connectivity index (χ1v) is 15.6. The average molecular weight is 532 g/mol. The highest BCUT2D eigenvalue weighted by Gasteiger charge is 2.34. The van der Waals surface area contributed by atoms with Crippen LogP contribution in [0, 0.1) is 0 Å². The van der Waals surface area contributed by atoms with Crippen molar-refractivity contribution >= 4 is 31.5 Å². The standard InChI is InChI=1S/C26H54N5O2PS/c1-10-12-16-29(17-13-11-2)24(32)23(33-26(7,8)9)28-25(35)27-15-14-20-34-30(21(3)4)18-19-31(34)22(5)6/h21-23H,10-20H2,1-9H3,(H2,27,28,35). The fraction of sp³-hybridized carbons (Fsp3) is 0.923. The van der Waals surface area contributed by atoms with Crippen molar-refractivity contribution in [3.05, 3.63) is 0 Å². The summed E-state index contributed by atoms with van der Waals surface area (Å²) in [5.41, 5.74) is -0.462. The van der Waals surface area contributed by atoms with Crippen molar-refractivity contribution in [1.82, 2.24) is 24.9 Å². The van der Waals surface area contributed by atoms with Crippen molar-refractivity contribution in [2.45, 2.75) is 118 Å². The molecule has 0 aromatic heterocycles. The van der Waals surface area contributed by atoms with Crippen LogP contribution < -0.4 is 10.6 Å². The number of amides is 1. The van der Waals surface area contributed by atoms with E-state index in [1.807, 2.05) is 25.7 Å². The van der Waals surface area contributed by atoms with Crippen molar-refractivity contribution in [3.63, 3.8) is 0 Å². The van der Waals surface area contributed by atoms with Gasteiger partial charge in [0.2, 0.25) is 6.23 Å². The minimum Gasteiger partial charge on any atom is -0.363 e. The number of hydrogen-bond donors (Lipinski definition) is 2. The van der Waals surface area contributed by atoms with E-state index in [2.05, 4.69) is 61.5 Å². The summed E-state index contributed by atoms with van der Waals surface area (Å²) in [6.07, 6.45) is 5.50. The second kappa shape index (κ2) is 16.3. The third-order valence-electron chi connectivity index (χ3n) is 6.00. The fourth-order valence-corrected chi connectivity index (χ4v) is 7.34. The Labute approximate surface area is 222 Å². The smallest absolute Gasteiger partial charge is 0.272 e. The molecule has 9 heteroatoms. The molecular weight excluding hydrogens is 477 g/mol. The molecule has 206 valence electrons. The van der Waals surface area contributed by atoms with E-state index in [9.17, 15) is 4.79 Å². The van der Waals surface area contributed by atoms with Crippen LogP contribution in [0.2, 0.25) is 0 Å². The first-order chi connectivity index (χ1) is 16.4. The zero-order chi connectivity index (χ0) is 26.6. The van der Waals surface area contributed by atoms with E-state index in [1.165, 1.54) is 0 Å². The van der Waals surface area contributed by atoms with Crippen molar-refractivity contribution in [1.29, 1.82) is 0 Å². The molecule has 0 radical (unpaired) electrons.